The van der Waals surface area contributed by atoms with Gasteiger partial charge in [0.05, 0.1) is 16.5 Å². The van der Waals surface area contributed by atoms with Gasteiger partial charge in [-0.3, -0.25) is 0 Å². The largest absolute Gasteiger partial charge is 0.478 e. The highest BCUT2D eigenvalue weighted by Gasteiger charge is 2.08. The molecule has 1 aromatic carbocycles. The molecule has 0 aliphatic carbocycles. The highest BCUT2D eigenvalue weighted by molar-refractivity contribution is 7.13. The summed E-state index contributed by atoms with van der Waals surface area (Å²) in [5, 5.41) is 9.55. The van der Waals surface area contributed by atoms with Gasteiger partial charge >= 0.3 is 5.97 Å². The monoisotopic (exact) mass is 194 g/mol. The molecular weight excluding hydrogens is 188 g/mol. The Hall–Kier alpha value is -1.62. The fourth-order valence-electron chi connectivity index (χ4n) is 1.12. The third kappa shape index (κ3) is 1.23. The molecule has 0 amide bonds. The summed E-state index contributed by atoms with van der Waals surface area (Å²) in [5.74, 6) is -0.970. The molecule has 1 aromatic heterocycles. The Bertz CT molecular complexity index is 478. The minimum atomic E-state index is -0.970. The van der Waals surface area contributed by atoms with Gasteiger partial charge in [0.2, 0.25) is 0 Å². The topological polar surface area (TPSA) is 76.2 Å². The standard InChI is InChI=1S/C8H6N2O2S/c9-6-1-4(8(11)12)2-7-5(6)3-10-13-7/h1-3H,9H2,(H,11,12). The van der Waals surface area contributed by atoms with Gasteiger partial charge in [0.15, 0.2) is 0 Å². The second kappa shape index (κ2) is 2.70. The Morgan fingerprint density at radius 3 is 3.00 bits per heavy atom. The van der Waals surface area contributed by atoms with Gasteiger partial charge in [0, 0.05) is 11.1 Å². The van der Waals surface area contributed by atoms with E-state index in [4.69, 9.17) is 10.8 Å². The third-order valence-corrected chi connectivity index (χ3v) is 2.50. The number of nitrogen functional groups attached to an aromatic ring is 1. The molecule has 0 saturated heterocycles. The maximum atomic E-state index is 10.6. The van der Waals surface area contributed by atoms with E-state index in [1.165, 1.54) is 17.6 Å². The van der Waals surface area contributed by atoms with Crippen molar-refractivity contribution < 1.29 is 9.90 Å². The molecule has 0 bridgehead atoms. The molecule has 1 heterocycles. The van der Waals surface area contributed by atoms with Crippen LogP contribution in [0.3, 0.4) is 0 Å². The number of hydrogen-bond acceptors (Lipinski definition) is 4. The SMILES string of the molecule is Nc1cc(C(=O)O)cc2sncc12. The first kappa shape index (κ1) is 8.00. The van der Waals surface area contributed by atoms with Crippen LogP contribution < -0.4 is 5.73 Å². The van der Waals surface area contributed by atoms with Crippen LogP contribution in [0.15, 0.2) is 18.3 Å². The normalized spacial score (nSPS) is 10.5. The first-order valence-corrected chi connectivity index (χ1v) is 4.33. The minimum absolute atomic E-state index is 0.203. The van der Waals surface area contributed by atoms with Crippen LogP contribution in [0.4, 0.5) is 5.69 Å². The highest BCUT2D eigenvalue weighted by atomic mass is 32.1. The maximum Gasteiger partial charge on any atom is 0.335 e. The smallest absolute Gasteiger partial charge is 0.335 e. The first-order chi connectivity index (χ1) is 6.18. The Balaban J connectivity index is 2.77. The van der Waals surface area contributed by atoms with E-state index in [-0.39, 0.29) is 5.56 Å². The second-order valence-electron chi connectivity index (χ2n) is 2.61. The number of aromatic carboxylic acids is 1. The Labute approximate surface area is 77.8 Å². The van der Waals surface area contributed by atoms with Crippen LogP contribution in [0.25, 0.3) is 10.1 Å². The van der Waals surface area contributed by atoms with Crippen molar-refractivity contribution in [2.75, 3.05) is 5.73 Å². The van der Waals surface area contributed by atoms with Crippen molar-refractivity contribution in [3.05, 3.63) is 23.9 Å². The van der Waals surface area contributed by atoms with Crippen molar-refractivity contribution in [3.63, 3.8) is 0 Å². The van der Waals surface area contributed by atoms with Crippen LogP contribution in [-0.4, -0.2) is 15.4 Å². The number of anilines is 1. The molecule has 0 radical (unpaired) electrons. The molecule has 0 spiro atoms. The second-order valence-corrected chi connectivity index (χ2v) is 3.44. The first-order valence-electron chi connectivity index (χ1n) is 3.55. The summed E-state index contributed by atoms with van der Waals surface area (Å²) >= 11 is 1.24. The van der Waals surface area contributed by atoms with Crippen molar-refractivity contribution in [3.8, 4) is 0 Å². The van der Waals surface area contributed by atoms with E-state index in [1.807, 2.05) is 0 Å². The van der Waals surface area contributed by atoms with Gasteiger partial charge in [-0.25, -0.2) is 4.79 Å². The Kier molecular flexibility index (Phi) is 1.66. The summed E-state index contributed by atoms with van der Waals surface area (Å²) in [5.41, 5.74) is 6.31. The lowest BCUT2D eigenvalue weighted by Crippen LogP contribution is -1.97. The zero-order valence-electron chi connectivity index (χ0n) is 6.52. The van der Waals surface area contributed by atoms with Gasteiger partial charge in [-0.1, -0.05) is 0 Å². The molecule has 2 rings (SSSR count). The molecule has 13 heavy (non-hydrogen) atoms. The van der Waals surface area contributed by atoms with Crippen molar-refractivity contribution in [1.82, 2.24) is 4.37 Å². The summed E-state index contributed by atoms with van der Waals surface area (Å²) in [7, 11) is 0. The number of rotatable bonds is 1. The third-order valence-electron chi connectivity index (χ3n) is 1.75. The van der Waals surface area contributed by atoms with E-state index in [1.54, 1.807) is 12.3 Å². The lowest BCUT2D eigenvalue weighted by atomic mass is 10.1. The number of fused-ring (bicyclic) bond motifs is 1. The number of nitrogens with zero attached hydrogens (tertiary/aromatic N) is 1. The number of carboxylic acid groups (broad SMARTS) is 1. The average Bonchev–Trinajstić information content (AvgIpc) is 2.51. The van der Waals surface area contributed by atoms with Crippen LogP contribution in [0.2, 0.25) is 0 Å². The summed E-state index contributed by atoms with van der Waals surface area (Å²) < 4.78 is 4.73. The van der Waals surface area contributed by atoms with E-state index in [9.17, 15) is 4.79 Å². The summed E-state index contributed by atoms with van der Waals surface area (Å²) in [4.78, 5) is 10.6. The highest BCUT2D eigenvalue weighted by Crippen LogP contribution is 2.25. The lowest BCUT2D eigenvalue weighted by molar-refractivity contribution is 0.0697. The Morgan fingerprint density at radius 1 is 1.54 bits per heavy atom. The number of aromatic nitrogens is 1. The number of hydrogen-bond donors (Lipinski definition) is 2. The van der Waals surface area contributed by atoms with Crippen LogP contribution >= 0.6 is 11.5 Å². The summed E-state index contributed by atoms with van der Waals surface area (Å²) in [6.45, 7) is 0. The van der Waals surface area contributed by atoms with Gasteiger partial charge < -0.3 is 10.8 Å². The number of nitrogens with two attached hydrogens (primary N) is 1. The van der Waals surface area contributed by atoms with Gasteiger partial charge in [0.25, 0.3) is 0 Å². The summed E-state index contributed by atoms with van der Waals surface area (Å²) in [6.07, 6.45) is 1.64. The maximum absolute atomic E-state index is 10.6. The fourth-order valence-corrected chi connectivity index (χ4v) is 1.84. The van der Waals surface area contributed by atoms with Crippen molar-refractivity contribution >= 4 is 33.3 Å². The Morgan fingerprint density at radius 2 is 2.31 bits per heavy atom. The molecule has 0 aliphatic heterocycles. The van der Waals surface area contributed by atoms with Gasteiger partial charge in [0.1, 0.15) is 0 Å². The molecular formula is C8H6N2O2S. The van der Waals surface area contributed by atoms with Crippen LogP contribution in [0, 0.1) is 0 Å². The molecule has 0 aliphatic rings. The van der Waals surface area contributed by atoms with Crippen molar-refractivity contribution in [2.45, 2.75) is 0 Å². The zero-order chi connectivity index (χ0) is 9.42. The minimum Gasteiger partial charge on any atom is -0.478 e. The van der Waals surface area contributed by atoms with Crippen LogP contribution in [-0.2, 0) is 0 Å². The van der Waals surface area contributed by atoms with E-state index in [0.29, 0.717) is 5.69 Å². The predicted octanol–water partition coefficient (Wildman–Crippen LogP) is 1.58. The molecule has 0 fully saturated rings. The quantitative estimate of drug-likeness (QED) is 0.675. The predicted molar refractivity (Wildman–Crippen MR) is 51.0 cm³/mol. The van der Waals surface area contributed by atoms with Gasteiger partial charge in [-0.15, -0.1) is 0 Å². The number of benzene rings is 1. The molecule has 4 nitrogen and oxygen atoms in total. The fraction of sp³-hybridized carbons (Fsp3) is 0. The number of carboxylic acids is 1. The van der Waals surface area contributed by atoms with Crippen LogP contribution in [0.5, 0.6) is 0 Å². The molecule has 2 aromatic rings. The summed E-state index contributed by atoms with van der Waals surface area (Å²) in [6, 6.07) is 3.02. The van der Waals surface area contributed by atoms with E-state index in [0.717, 1.165) is 10.1 Å². The van der Waals surface area contributed by atoms with Crippen LogP contribution in [0.1, 0.15) is 10.4 Å². The molecule has 0 unspecified atom stereocenters. The number of carbonyl (C=O) groups is 1. The van der Waals surface area contributed by atoms with Crippen molar-refractivity contribution in [1.29, 1.82) is 0 Å². The molecule has 0 saturated carbocycles. The van der Waals surface area contributed by atoms with Gasteiger partial charge in [-0.05, 0) is 23.7 Å². The van der Waals surface area contributed by atoms with E-state index >= 15 is 0 Å². The molecule has 0 atom stereocenters. The molecule has 3 N–H and O–H groups in total. The van der Waals surface area contributed by atoms with Gasteiger partial charge in [-0.2, -0.15) is 4.37 Å². The molecule has 5 heteroatoms. The molecule has 66 valence electrons. The average molecular weight is 194 g/mol. The van der Waals surface area contributed by atoms with E-state index in [2.05, 4.69) is 4.37 Å². The van der Waals surface area contributed by atoms with E-state index < -0.39 is 5.97 Å². The zero-order valence-corrected chi connectivity index (χ0v) is 7.34. The lowest BCUT2D eigenvalue weighted by Gasteiger charge is -1.97. The van der Waals surface area contributed by atoms with Crippen molar-refractivity contribution in [2.24, 2.45) is 0 Å².